The topological polar surface area (TPSA) is 73.1 Å². The van der Waals surface area contributed by atoms with E-state index in [-0.39, 0.29) is 22.8 Å². The summed E-state index contributed by atoms with van der Waals surface area (Å²) in [6, 6.07) is 9.10. The van der Waals surface area contributed by atoms with Crippen molar-refractivity contribution in [2.45, 2.75) is 6.92 Å². The maximum atomic E-state index is 12.9. The van der Waals surface area contributed by atoms with E-state index >= 15 is 0 Å². The Labute approximate surface area is 152 Å². The van der Waals surface area contributed by atoms with Gasteiger partial charge in [-0.3, -0.25) is 4.79 Å². The van der Waals surface area contributed by atoms with Gasteiger partial charge >= 0.3 is 0 Å². The van der Waals surface area contributed by atoms with Crippen LogP contribution in [0, 0.1) is 6.92 Å². The molecule has 4 rings (SSSR count). The molecule has 0 radical (unpaired) electrons. The molecule has 6 nitrogen and oxygen atoms in total. The van der Waals surface area contributed by atoms with Crippen molar-refractivity contribution in [2.75, 3.05) is 14.2 Å². The Morgan fingerprint density at radius 1 is 1.19 bits per heavy atom. The summed E-state index contributed by atoms with van der Waals surface area (Å²) >= 11 is 1.32. The van der Waals surface area contributed by atoms with Crippen LogP contribution in [0.1, 0.15) is 11.1 Å². The summed E-state index contributed by atoms with van der Waals surface area (Å²) < 4.78 is 12.5. The number of benzene rings is 2. The highest BCUT2D eigenvalue weighted by Crippen LogP contribution is 2.37. The van der Waals surface area contributed by atoms with Gasteiger partial charge in [0.25, 0.3) is 5.56 Å². The van der Waals surface area contributed by atoms with Crippen LogP contribution in [0.2, 0.25) is 0 Å². The van der Waals surface area contributed by atoms with Gasteiger partial charge in [0, 0.05) is 0 Å². The first-order valence-corrected chi connectivity index (χ1v) is 8.72. The summed E-state index contributed by atoms with van der Waals surface area (Å²) in [5.41, 5.74) is 3.26. The number of fused-ring (bicyclic) bond motifs is 3. The lowest BCUT2D eigenvalue weighted by molar-refractivity contribution is 0.340. The Morgan fingerprint density at radius 2 is 1.88 bits per heavy atom. The van der Waals surface area contributed by atoms with E-state index in [0.29, 0.717) is 15.1 Å². The zero-order chi connectivity index (χ0) is 18.4. The predicted octanol–water partition coefficient (Wildman–Crippen LogP) is 2.49. The van der Waals surface area contributed by atoms with Crippen molar-refractivity contribution in [3.63, 3.8) is 0 Å². The van der Waals surface area contributed by atoms with E-state index in [4.69, 9.17) is 9.47 Å². The smallest absolute Gasteiger partial charge is 0.274 e. The quantitative estimate of drug-likeness (QED) is 0.601. The van der Waals surface area contributed by atoms with Gasteiger partial charge in [-0.2, -0.15) is 0 Å². The van der Waals surface area contributed by atoms with Crippen LogP contribution in [-0.2, 0) is 0 Å². The van der Waals surface area contributed by atoms with Crippen molar-refractivity contribution in [3.05, 3.63) is 56.3 Å². The molecule has 2 heterocycles. The summed E-state index contributed by atoms with van der Waals surface area (Å²) in [7, 11) is 2.93. The van der Waals surface area contributed by atoms with Crippen LogP contribution < -0.4 is 19.6 Å². The molecule has 0 aliphatic carbocycles. The number of ether oxygens (including phenoxy) is 2. The molecule has 0 amide bonds. The van der Waals surface area contributed by atoms with Crippen LogP contribution >= 0.6 is 11.3 Å². The van der Waals surface area contributed by atoms with Crippen molar-refractivity contribution in [1.29, 1.82) is 0 Å². The third-order valence-corrected chi connectivity index (χ3v) is 5.24. The maximum Gasteiger partial charge on any atom is 0.274 e. The van der Waals surface area contributed by atoms with Gasteiger partial charge in [0.2, 0.25) is 5.75 Å². The van der Waals surface area contributed by atoms with Gasteiger partial charge in [0.05, 0.1) is 29.8 Å². The highest BCUT2D eigenvalue weighted by molar-refractivity contribution is 7.15. The van der Waals surface area contributed by atoms with Gasteiger partial charge in [-0.05, 0) is 42.3 Å². The summed E-state index contributed by atoms with van der Waals surface area (Å²) in [6.45, 7) is 1.98. The van der Waals surface area contributed by atoms with Gasteiger partial charge in [-0.25, -0.2) is 9.38 Å². The number of phenols is 1. The second kappa shape index (κ2) is 6.03. The Morgan fingerprint density at radius 3 is 2.54 bits per heavy atom. The Bertz CT molecular complexity index is 1230. The van der Waals surface area contributed by atoms with Crippen molar-refractivity contribution in [1.82, 2.24) is 9.38 Å². The number of aromatic nitrogens is 2. The molecule has 26 heavy (non-hydrogen) atoms. The molecule has 0 unspecified atom stereocenters. The van der Waals surface area contributed by atoms with Crippen molar-refractivity contribution >= 4 is 33.4 Å². The highest BCUT2D eigenvalue weighted by atomic mass is 32.1. The van der Waals surface area contributed by atoms with Crippen LogP contribution in [0.4, 0.5) is 0 Å². The number of methoxy groups -OCH3 is 2. The fourth-order valence-corrected chi connectivity index (χ4v) is 3.95. The van der Waals surface area contributed by atoms with Gasteiger partial charge < -0.3 is 14.6 Å². The molecule has 0 fully saturated rings. The summed E-state index contributed by atoms with van der Waals surface area (Å²) in [5.74, 6) is 0.493. The first-order chi connectivity index (χ1) is 12.5. The van der Waals surface area contributed by atoms with Crippen LogP contribution in [-0.4, -0.2) is 28.7 Å². The fourth-order valence-electron chi connectivity index (χ4n) is 2.97. The van der Waals surface area contributed by atoms with E-state index in [1.54, 1.807) is 22.6 Å². The number of aryl methyl sites for hydroxylation is 1. The van der Waals surface area contributed by atoms with Crippen molar-refractivity contribution in [3.8, 4) is 17.2 Å². The van der Waals surface area contributed by atoms with Gasteiger partial charge in [-0.1, -0.05) is 23.5 Å². The van der Waals surface area contributed by atoms with Crippen LogP contribution in [0.15, 0.2) is 35.1 Å². The van der Waals surface area contributed by atoms with E-state index in [0.717, 1.165) is 16.6 Å². The van der Waals surface area contributed by atoms with E-state index < -0.39 is 0 Å². The highest BCUT2D eigenvalue weighted by Gasteiger charge is 2.14. The second-order valence-corrected chi connectivity index (χ2v) is 6.87. The fraction of sp³-hybridized carbons (Fsp3) is 0.158. The third kappa shape index (κ3) is 2.40. The Hall–Kier alpha value is -3.06. The summed E-state index contributed by atoms with van der Waals surface area (Å²) in [5, 5.41) is 10.0. The SMILES string of the molecule is COc1cc(/C=c2\sc3nc4c(C)cccc4n3c2=O)cc(OC)c1O. The predicted molar refractivity (Wildman–Crippen MR) is 102 cm³/mol. The minimum absolute atomic E-state index is 0.0723. The van der Waals surface area contributed by atoms with E-state index in [1.807, 2.05) is 25.1 Å². The number of phenolic OH excluding ortho intramolecular Hbond substituents is 1. The molecular weight excluding hydrogens is 352 g/mol. The molecule has 0 aliphatic rings. The van der Waals surface area contributed by atoms with Crippen LogP contribution in [0.25, 0.3) is 22.1 Å². The first-order valence-electron chi connectivity index (χ1n) is 7.90. The number of imidazole rings is 1. The molecule has 2 aromatic carbocycles. The maximum absolute atomic E-state index is 12.9. The molecule has 0 saturated heterocycles. The molecular formula is C19H16N2O4S. The van der Waals surface area contributed by atoms with Gasteiger partial charge in [-0.15, -0.1) is 0 Å². The largest absolute Gasteiger partial charge is 0.502 e. The van der Waals surface area contributed by atoms with Crippen LogP contribution in [0.5, 0.6) is 17.2 Å². The van der Waals surface area contributed by atoms with E-state index in [2.05, 4.69) is 4.98 Å². The number of hydrogen-bond acceptors (Lipinski definition) is 6. The number of aromatic hydroxyl groups is 1. The molecule has 0 aliphatic heterocycles. The van der Waals surface area contributed by atoms with Gasteiger partial charge in [0.1, 0.15) is 0 Å². The molecule has 7 heteroatoms. The van der Waals surface area contributed by atoms with Gasteiger partial charge in [0.15, 0.2) is 16.5 Å². The lowest BCUT2D eigenvalue weighted by Gasteiger charge is -2.09. The number of hydrogen-bond donors (Lipinski definition) is 1. The lowest BCUT2D eigenvalue weighted by Crippen LogP contribution is -2.22. The van der Waals surface area contributed by atoms with Crippen molar-refractivity contribution in [2.24, 2.45) is 0 Å². The lowest BCUT2D eigenvalue weighted by atomic mass is 10.1. The summed E-state index contributed by atoms with van der Waals surface area (Å²) in [4.78, 5) is 18.1. The van der Waals surface area contributed by atoms with Crippen molar-refractivity contribution < 1.29 is 14.6 Å². The standard InChI is InChI=1S/C19H16N2O4S/c1-10-5-4-6-12-16(10)20-19-21(12)18(23)15(26-19)9-11-7-13(24-2)17(22)14(8-11)25-3/h4-9,22H,1-3H3/b15-9-. The Kier molecular flexibility index (Phi) is 3.81. The summed E-state index contributed by atoms with van der Waals surface area (Å²) in [6.07, 6.45) is 1.74. The molecule has 0 spiro atoms. The number of thiazole rings is 1. The first kappa shape index (κ1) is 16.4. The molecule has 0 atom stereocenters. The minimum atomic E-state index is -0.121. The molecule has 0 saturated carbocycles. The zero-order valence-electron chi connectivity index (χ0n) is 14.4. The second-order valence-electron chi connectivity index (χ2n) is 5.86. The minimum Gasteiger partial charge on any atom is -0.502 e. The third-order valence-electron chi connectivity index (χ3n) is 4.27. The number of nitrogens with zero attached hydrogens (tertiary/aromatic N) is 2. The van der Waals surface area contributed by atoms with Crippen LogP contribution in [0.3, 0.4) is 0 Å². The molecule has 4 aromatic rings. The Balaban J connectivity index is 1.96. The molecule has 0 bridgehead atoms. The van der Waals surface area contributed by atoms with E-state index in [9.17, 15) is 9.90 Å². The average Bonchev–Trinajstić information content (AvgIpc) is 3.14. The normalized spacial score (nSPS) is 12.2. The molecule has 132 valence electrons. The number of para-hydroxylation sites is 1. The van der Waals surface area contributed by atoms with E-state index in [1.165, 1.54) is 25.6 Å². The molecule has 2 aromatic heterocycles. The molecule has 1 N–H and O–H groups in total. The average molecular weight is 368 g/mol. The number of rotatable bonds is 3. The zero-order valence-corrected chi connectivity index (χ0v) is 15.3. The monoisotopic (exact) mass is 368 g/mol.